The molecule has 3 rings (SSSR count). The van der Waals surface area contributed by atoms with E-state index in [-0.39, 0.29) is 4.90 Å². The molecule has 2 aromatic rings. The highest BCUT2D eigenvalue weighted by Gasteiger charge is 2.28. The van der Waals surface area contributed by atoms with Crippen molar-refractivity contribution in [3.63, 3.8) is 0 Å². The molecule has 0 saturated carbocycles. The van der Waals surface area contributed by atoms with Crippen molar-refractivity contribution in [1.82, 2.24) is 9.21 Å². The van der Waals surface area contributed by atoms with Gasteiger partial charge in [0.25, 0.3) is 0 Å². The maximum Gasteiger partial charge on any atom is 0.243 e. The van der Waals surface area contributed by atoms with Crippen LogP contribution < -0.4 is 0 Å². The van der Waals surface area contributed by atoms with Crippen LogP contribution in [-0.2, 0) is 16.6 Å². The number of hydrogen-bond acceptors (Lipinski definition) is 4. The van der Waals surface area contributed by atoms with E-state index in [4.69, 9.17) is 5.26 Å². The van der Waals surface area contributed by atoms with E-state index >= 15 is 0 Å². The minimum absolute atomic E-state index is 0.193. The third-order valence-electron chi connectivity index (χ3n) is 4.42. The summed E-state index contributed by atoms with van der Waals surface area (Å²) in [4.78, 5) is 2.46. The van der Waals surface area contributed by atoms with Gasteiger partial charge in [-0.2, -0.15) is 9.57 Å². The van der Waals surface area contributed by atoms with Crippen LogP contribution in [0.4, 0.5) is 0 Å². The molecule has 0 aromatic heterocycles. The summed E-state index contributed by atoms with van der Waals surface area (Å²) in [6, 6.07) is 16.6. The lowest BCUT2D eigenvalue weighted by atomic mass is 10.1. The van der Waals surface area contributed by atoms with Crippen LogP contribution in [0.2, 0.25) is 0 Å². The lowest BCUT2D eigenvalue weighted by Crippen LogP contribution is -2.48. The average Bonchev–Trinajstić information content (AvgIpc) is 2.62. The summed E-state index contributed by atoms with van der Waals surface area (Å²) < 4.78 is 27.0. The molecule has 5 nitrogen and oxygen atoms in total. The quantitative estimate of drug-likeness (QED) is 0.845. The van der Waals surface area contributed by atoms with E-state index < -0.39 is 10.0 Å². The standard InChI is InChI=1S/C19H21N3O2S/c1-16-4-2-6-18(12-16)15-21-8-10-22(11-9-21)25(23,24)19-7-3-5-17(13-19)14-20/h2-7,12-13H,8-11,15H2,1H3. The fourth-order valence-corrected chi connectivity index (χ4v) is 4.54. The first-order valence-corrected chi connectivity index (χ1v) is 9.71. The van der Waals surface area contributed by atoms with Crippen molar-refractivity contribution >= 4 is 10.0 Å². The van der Waals surface area contributed by atoms with Gasteiger partial charge in [0.05, 0.1) is 16.5 Å². The predicted octanol–water partition coefficient (Wildman–Crippen LogP) is 2.37. The van der Waals surface area contributed by atoms with Gasteiger partial charge in [0.15, 0.2) is 0 Å². The van der Waals surface area contributed by atoms with Crippen LogP contribution >= 0.6 is 0 Å². The number of rotatable bonds is 4. The highest BCUT2D eigenvalue weighted by atomic mass is 32.2. The second-order valence-corrected chi connectivity index (χ2v) is 8.25. The highest BCUT2D eigenvalue weighted by Crippen LogP contribution is 2.19. The molecular formula is C19H21N3O2S. The largest absolute Gasteiger partial charge is 0.296 e. The average molecular weight is 355 g/mol. The Kier molecular flexibility index (Phi) is 5.19. The third kappa shape index (κ3) is 4.07. The second-order valence-electron chi connectivity index (χ2n) is 6.31. The molecule has 0 spiro atoms. The molecule has 0 aliphatic carbocycles. The molecule has 2 aromatic carbocycles. The van der Waals surface area contributed by atoms with E-state index in [0.29, 0.717) is 31.7 Å². The van der Waals surface area contributed by atoms with Gasteiger partial charge in [-0.15, -0.1) is 0 Å². The van der Waals surface area contributed by atoms with Gasteiger partial charge in [-0.25, -0.2) is 8.42 Å². The number of piperazine rings is 1. The maximum atomic E-state index is 12.8. The van der Waals surface area contributed by atoms with Crippen LogP contribution in [0, 0.1) is 18.3 Å². The van der Waals surface area contributed by atoms with E-state index in [1.807, 2.05) is 12.1 Å². The zero-order valence-corrected chi connectivity index (χ0v) is 15.0. The van der Waals surface area contributed by atoms with Gasteiger partial charge in [-0.1, -0.05) is 35.9 Å². The molecule has 1 aliphatic rings. The van der Waals surface area contributed by atoms with Crippen molar-refractivity contribution in [2.45, 2.75) is 18.4 Å². The van der Waals surface area contributed by atoms with E-state index in [9.17, 15) is 8.42 Å². The van der Waals surface area contributed by atoms with Gasteiger partial charge >= 0.3 is 0 Å². The Balaban J connectivity index is 1.66. The Morgan fingerprint density at radius 2 is 1.76 bits per heavy atom. The van der Waals surface area contributed by atoms with Crippen LogP contribution in [0.5, 0.6) is 0 Å². The van der Waals surface area contributed by atoms with Crippen LogP contribution in [0.1, 0.15) is 16.7 Å². The summed E-state index contributed by atoms with van der Waals surface area (Å²) in [6.45, 7) is 5.23. The normalized spacial score (nSPS) is 16.5. The van der Waals surface area contributed by atoms with Gasteiger partial charge in [0.1, 0.15) is 0 Å². The molecule has 25 heavy (non-hydrogen) atoms. The molecule has 1 heterocycles. The third-order valence-corrected chi connectivity index (χ3v) is 6.32. The van der Waals surface area contributed by atoms with Crippen molar-refractivity contribution in [3.05, 3.63) is 65.2 Å². The molecule has 0 bridgehead atoms. The number of nitriles is 1. The van der Waals surface area contributed by atoms with Crippen LogP contribution in [-0.4, -0.2) is 43.8 Å². The number of benzene rings is 2. The van der Waals surface area contributed by atoms with Gasteiger partial charge < -0.3 is 0 Å². The maximum absolute atomic E-state index is 12.8. The van der Waals surface area contributed by atoms with Crippen LogP contribution in [0.3, 0.4) is 0 Å². The Bertz CT molecular complexity index is 895. The van der Waals surface area contributed by atoms with E-state index in [1.54, 1.807) is 18.2 Å². The topological polar surface area (TPSA) is 64.4 Å². The molecular weight excluding hydrogens is 334 g/mol. The Morgan fingerprint density at radius 1 is 1.04 bits per heavy atom. The molecule has 0 amide bonds. The first-order chi connectivity index (χ1) is 12.0. The van der Waals surface area contributed by atoms with Crippen molar-refractivity contribution in [3.8, 4) is 6.07 Å². The molecule has 0 atom stereocenters. The van der Waals surface area contributed by atoms with Crippen molar-refractivity contribution in [2.24, 2.45) is 0 Å². The molecule has 0 unspecified atom stereocenters. The predicted molar refractivity (Wildman–Crippen MR) is 96.4 cm³/mol. The van der Waals surface area contributed by atoms with Gasteiger partial charge in [0.2, 0.25) is 10.0 Å². The minimum Gasteiger partial charge on any atom is -0.296 e. The minimum atomic E-state index is -3.54. The van der Waals surface area contributed by atoms with Crippen molar-refractivity contribution < 1.29 is 8.42 Å². The summed E-state index contributed by atoms with van der Waals surface area (Å²) in [5.74, 6) is 0. The molecule has 0 N–H and O–H groups in total. The van der Waals surface area contributed by atoms with Gasteiger partial charge in [0, 0.05) is 32.7 Å². The number of hydrogen-bond donors (Lipinski definition) is 0. The summed E-state index contributed by atoms with van der Waals surface area (Å²) in [6.07, 6.45) is 0. The molecule has 130 valence electrons. The van der Waals surface area contributed by atoms with Gasteiger partial charge in [-0.3, -0.25) is 4.90 Å². The zero-order valence-electron chi connectivity index (χ0n) is 14.2. The van der Waals surface area contributed by atoms with Crippen molar-refractivity contribution in [2.75, 3.05) is 26.2 Å². The lowest BCUT2D eigenvalue weighted by Gasteiger charge is -2.34. The summed E-state index contributed by atoms with van der Waals surface area (Å²) in [7, 11) is -3.54. The second kappa shape index (κ2) is 7.36. The van der Waals surface area contributed by atoms with E-state index in [1.165, 1.54) is 21.5 Å². The fraction of sp³-hybridized carbons (Fsp3) is 0.316. The first-order valence-electron chi connectivity index (χ1n) is 8.27. The van der Waals surface area contributed by atoms with Crippen molar-refractivity contribution in [1.29, 1.82) is 5.26 Å². The Hall–Kier alpha value is -2.20. The number of aryl methyl sites for hydroxylation is 1. The Labute approximate surface area is 149 Å². The smallest absolute Gasteiger partial charge is 0.243 e. The van der Waals surface area contributed by atoms with E-state index in [0.717, 1.165) is 6.54 Å². The fourth-order valence-electron chi connectivity index (χ4n) is 3.07. The summed E-state index contributed by atoms with van der Waals surface area (Å²) in [5.41, 5.74) is 2.84. The molecule has 6 heteroatoms. The van der Waals surface area contributed by atoms with Crippen LogP contribution in [0.15, 0.2) is 53.4 Å². The van der Waals surface area contributed by atoms with Gasteiger partial charge in [-0.05, 0) is 30.7 Å². The Morgan fingerprint density at radius 3 is 2.44 bits per heavy atom. The first kappa shape index (κ1) is 17.6. The lowest BCUT2D eigenvalue weighted by molar-refractivity contribution is 0.181. The molecule has 1 fully saturated rings. The van der Waals surface area contributed by atoms with Crippen LogP contribution in [0.25, 0.3) is 0 Å². The summed E-state index contributed by atoms with van der Waals surface area (Å²) in [5, 5.41) is 8.97. The summed E-state index contributed by atoms with van der Waals surface area (Å²) >= 11 is 0. The van der Waals surface area contributed by atoms with E-state index in [2.05, 4.69) is 30.0 Å². The SMILES string of the molecule is Cc1cccc(CN2CCN(S(=O)(=O)c3cccc(C#N)c3)CC2)c1. The molecule has 1 aliphatic heterocycles. The number of nitrogens with zero attached hydrogens (tertiary/aromatic N) is 3. The zero-order chi connectivity index (χ0) is 17.9. The molecule has 0 radical (unpaired) electrons. The molecule has 1 saturated heterocycles. The monoisotopic (exact) mass is 355 g/mol. The highest BCUT2D eigenvalue weighted by molar-refractivity contribution is 7.89. The number of sulfonamides is 1.